The zero-order valence-corrected chi connectivity index (χ0v) is 17.3. The summed E-state index contributed by atoms with van der Waals surface area (Å²) in [6.45, 7) is 3.93. The first-order valence-corrected chi connectivity index (χ1v) is 10.5. The largest absolute Gasteiger partial charge is 0.382 e. The number of halogens is 1. The van der Waals surface area contributed by atoms with Gasteiger partial charge in [-0.05, 0) is 37.6 Å². The lowest BCUT2D eigenvalue weighted by Gasteiger charge is -2.09. The first kappa shape index (κ1) is 20.2. The summed E-state index contributed by atoms with van der Waals surface area (Å²) in [4.78, 5) is 22.0. The van der Waals surface area contributed by atoms with E-state index >= 15 is 0 Å². The van der Waals surface area contributed by atoms with E-state index in [4.69, 9.17) is 4.74 Å². The van der Waals surface area contributed by atoms with Crippen molar-refractivity contribution in [2.24, 2.45) is 0 Å². The number of carbonyl (C=O) groups excluding carboxylic acids is 1. The molecule has 154 valence electrons. The predicted molar refractivity (Wildman–Crippen MR) is 116 cm³/mol. The molecule has 0 aliphatic rings. The summed E-state index contributed by atoms with van der Waals surface area (Å²) in [5, 5.41) is 3.35. The average Bonchev–Trinajstić information content (AvgIpc) is 3.37. The van der Waals surface area contributed by atoms with Crippen LogP contribution in [0.4, 0.5) is 10.3 Å². The maximum Gasteiger partial charge on any atom is 0.269 e. The van der Waals surface area contributed by atoms with Crippen LogP contribution >= 0.6 is 11.3 Å². The number of hydrogen-bond donors (Lipinski definition) is 1. The van der Waals surface area contributed by atoms with Crippen molar-refractivity contribution in [1.82, 2.24) is 14.5 Å². The standard InChI is InChI=1S/C22H21FN4O2S/c1-2-29-13-7-12-27-18-11-6-5-10-17(18)25-22(27)26-20(28)19-14-24-21(30-19)15-8-3-4-9-16(15)23/h3-6,8-11,14H,2,7,12-13H2,1H3,(H,25,26,28). The Morgan fingerprint density at radius 1 is 1.20 bits per heavy atom. The molecular weight excluding hydrogens is 403 g/mol. The minimum atomic E-state index is -0.366. The van der Waals surface area contributed by atoms with Crippen LogP contribution in [-0.2, 0) is 11.3 Å². The fourth-order valence-corrected chi connectivity index (χ4v) is 4.01. The molecule has 1 N–H and O–H groups in total. The van der Waals surface area contributed by atoms with Gasteiger partial charge in [-0.15, -0.1) is 11.3 Å². The molecule has 0 saturated carbocycles. The van der Waals surface area contributed by atoms with Crippen LogP contribution in [0, 0.1) is 5.82 Å². The third-order valence-electron chi connectivity index (χ3n) is 4.59. The molecule has 8 heteroatoms. The molecule has 0 spiro atoms. The van der Waals surface area contributed by atoms with E-state index in [-0.39, 0.29) is 11.7 Å². The number of carbonyl (C=O) groups is 1. The number of nitrogens with one attached hydrogen (secondary N) is 1. The number of hydrogen-bond acceptors (Lipinski definition) is 5. The van der Waals surface area contributed by atoms with Crippen LogP contribution in [0.15, 0.2) is 54.7 Å². The van der Waals surface area contributed by atoms with Crippen LogP contribution in [0.25, 0.3) is 21.6 Å². The first-order chi connectivity index (χ1) is 14.7. The quantitative estimate of drug-likeness (QED) is 0.405. The lowest BCUT2D eigenvalue weighted by molar-refractivity contribution is 0.102. The highest BCUT2D eigenvalue weighted by Crippen LogP contribution is 2.28. The monoisotopic (exact) mass is 424 g/mol. The van der Waals surface area contributed by atoms with Gasteiger partial charge in [0.25, 0.3) is 5.91 Å². The fraction of sp³-hybridized carbons (Fsp3) is 0.227. The SMILES string of the molecule is CCOCCCn1c(NC(=O)c2cnc(-c3ccccc3F)s2)nc2ccccc21. The van der Waals surface area contributed by atoms with Gasteiger partial charge in [0.1, 0.15) is 15.7 Å². The van der Waals surface area contributed by atoms with Crippen LogP contribution in [-0.4, -0.2) is 33.7 Å². The zero-order chi connectivity index (χ0) is 20.9. The molecule has 2 aromatic heterocycles. The Bertz CT molecular complexity index is 1170. The number of imidazole rings is 1. The van der Waals surface area contributed by atoms with E-state index < -0.39 is 0 Å². The number of thiazole rings is 1. The van der Waals surface area contributed by atoms with Gasteiger partial charge in [-0.1, -0.05) is 24.3 Å². The van der Waals surface area contributed by atoms with Gasteiger partial charge in [0.05, 0.1) is 17.2 Å². The van der Waals surface area contributed by atoms with Gasteiger partial charge in [0.2, 0.25) is 5.95 Å². The van der Waals surface area contributed by atoms with Crippen LogP contribution in [0.5, 0.6) is 0 Å². The van der Waals surface area contributed by atoms with E-state index in [9.17, 15) is 9.18 Å². The lowest BCUT2D eigenvalue weighted by atomic mass is 10.2. The summed E-state index contributed by atoms with van der Waals surface area (Å²) in [6, 6.07) is 14.1. The van der Waals surface area contributed by atoms with Crippen LogP contribution in [0.1, 0.15) is 23.0 Å². The van der Waals surface area contributed by atoms with E-state index in [1.165, 1.54) is 12.3 Å². The Balaban J connectivity index is 1.56. The van der Waals surface area contributed by atoms with Gasteiger partial charge >= 0.3 is 0 Å². The molecular formula is C22H21FN4O2S. The molecule has 2 aromatic carbocycles. The number of aromatic nitrogens is 3. The highest BCUT2D eigenvalue weighted by molar-refractivity contribution is 7.17. The number of fused-ring (bicyclic) bond motifs is 1. The van der Waals surface area contributed by atoms with Crippen molar-refractivity contribution in [3.63, 3.8) is 0 Å². The lowest BCUT2D eigenvalue weighted by Crippen LogP contribution is -2.15. The summed E-state index contributed by atoms with van der Waals surface area (Å²) in [5.41, 5.74) is 2.13. The van der Waals surface area contributed by atoms with Gasteiger partial charge in [-0.3, -0.25) is 10.1 Å². The molecule has 0 bridgehead atoms. The van der Waals surface area contributed by atoms with Crippen molar-refractivity contribution >= 4 is 34.2 Å². The Morgan fingerprint density at radius 3 is 2.83 bits per heavy atom. The molecule has 6 nitrogen and oxygen atoms in total. The highest BCUT2D eigenvalue weighted by atomic mass is 32.1. The molecule has 0 aliphatic heterocycles. The molecule has 30 heavy (non-hydrogen) atoms. The van der Waals surface area contributed by atoms with Crippen molar-refractivity contribution in [3.8, 4) is 10.6 Å². The summed E-state index contributed by atoms with van der Waals surface area (Å²) in [5.74, 6) is -0.218. The molecule has 4 aromatic rings. The van der Waals surface area contributed by atoms with Crippen molar-refractivity contribution < 1.29 is 13.9 Å². The predicted octanol–water partition coefficient (Wildman–Crippen LogP) is 4.98. The van der Waals surface area contributed by atoms with E-state index in [1.807, 2.05) is 35.8 Å². The Hall–Kier alpha value is -3.10. The number of nitrogens with zero attached hydrogens (tertiary/aromatic N) is 3. The highest BCUT2D eigenvalue weighted by Gasteiger charge is 2.17. The number of rotatable bonds is 8. The average molecular weight is 425 g/mol. The second kappa shape index (κ2) is 9.15. The van der Waals surface area contributed by atoms with E-state index in [0.717, 1.165) is 28.8 Å². The Kier molecular flexibility index (Phi) is 6.15. The van der Waals surface area contributed by atoms with E-state index in [2.05, 4.69) is 15.3 Å². The number of ether oxygens (including phenoxy) is 1. The maximum absolute atomic E-state index is 14.0. The molecule has 0 radical (unpaired) electrons. The van der Waals surface area contributed by atoms with E-state index in [1.54, 1.807) is 18.2 Å². The van der Waals surface area contributed by atoms with Crippen LogP contribution in [0.3, 0.4) is 0 Å². The van der Waals surface area contributed by atoms with Gasteiger partial charge < -0.3 is 9.30 Å². The number of anilines is 1. The first-order valence-electron chi connectivity index (χ1n) is 9.72. The summed E-state index contributed by atoms with van der Waals surface area (Å²) in [6.07, 6.45) is 2.26. The second-order valence-electron chi connectivity index (χ2n) is 6.59. The molecule has 4 rings (SSSR count). The molecule has 0 fully saturated rings. The zero-order valence-electron chi connectivity index (χ0n) is 16.5. The molecule has 0 atom stereocenters. The van der Waals surface area contributed by atoms with Crippen molar-refractivity contribution in [2.75, 3.05) is 18.5 Å². The van der Waals surface area contributed by atoms with Crippen molar-refractivity contribution in [3.05, 3.63) is 65.4 Å². The molecule has 0 saturated heterocycles. The third-order valence-corrected chi connectivity index (χ3v) is 5.62. The minimum absolute atomic E-state index is 0.323. The number of amides is 1. The topological polar surface area (TPSA) is 69.0 Å². The molecule has 0 aliphatic carbocycles. The van der Waals surface area contributed by atoms with Crippen LogP contribution < -0.4 is 5.32 Å². The minimum Gasteiger partial charge on any atom is -0.382 e. The van der Waals surface area contributed by atoms with Gasteiger partial charge in [-0.25, -0.2) is 14.4 Å². The number of aryl methyl sites for hydroxylation is 1. The van der Waals surface area contributed by atoms with Gasteiger partial charge in [0, 0.05) is 25.3 Å². The smallest absolute Gasteiger partial charge is 0.269 e. The van der Waals surface area contributed by atoms with Gasteiger partial charge in [0.15, 0.2) is 0 Å². The second-order valence-corrected chi connectivity index (χ2v) is 7.62. The Labute approximate surface area is 177 Å². The maximum atomic E-state index is 14.0. The number of para-hydroxylation sites is 2. The third kappa shape index (κ3) is 4.24. The van der Waals surface area contributed by atoms with Gasteiger partial charge in [-0.2, -0.15) is 0 Å². The van der Waals surface area contributed by atoms with Crippen LogP contribution in [0.2, 0.25) is 0 Å². The Morgan fingerprint density at radius 2 is 2.00 bits per heavy atom. The van der Waals surface area contributed by atoms with Crippen molar-refractivity contribution in [1.29, 1.82) is 0 Å². The summed E-state index contributed by atoms with van der Waals surface area (Å²) in [7, 11) is 0. The molecule has 1 amide bonds. The summed E-state index contributed by atoms with van der Waals surface area (Å²) < 4.78 is 21.4. The normalized spacial score (nSPS) is 11.1. The molecule has 0 unspecified atom stereocenters. The fourth-order valence-electron chi connectivity index (χ4n) is 3.17. The van der Waals surface area contributed by atoms with Crippen molar-refractivity contribution in [2.45, 2.75) is 19.9 Å². The van der Waals surface area contributed by atoms with E-state index in [0.29, 0.717) is 41.2 Å². The summed E-state index contributed by atoms with van der Waals surface area (Å²) >= 11 is 1.14. The molecule has 2 heterocycles. The number of benzene rings is 2.